The lowest BCUT2D eigenvalue weighted by Gasteiger charge is -2.19. The topological polar surface area (TPSA) is 45.2 Å². The van der Waals surface area contributed by atoms with Crippen LogP contribution in [-0.2, 0) is 12.8 Å². The number of carbonyl (C=O) groups excluding carboxylic acids is 1. The van der Waals surface area contributed by atoms with E-state index in [4.69, 9.17) is 0 Å². The second-order valence-corrected chi connectivity index (χ2v) is 6.53. The molecule has 2 heterocycles. The predicted octanol–water partition coefficient (Wildman–Crippen LogP) is 3.89. The Labute approximate surface area is 157 Å². The molecule has 1 N–H and O–H groups in total. The van der Waals surface area contributed by atoms with Crippen molar-refractivity contribution in [3.63, 3.8) is 0 Å². The first-order chi connectivity index (χ1) is 13.2. The van der Waals surface area contributed by atoms with Gasteiger partial charge >= 0.3 is 0 Å². The van der Waals surface area contributed by atoms with Crippen LogP contribution in [-0.4, -0.2) is 24.0 Å². The van der Waals surface area contributed by atoms with Gasteiger partial charge in [0.1, 0.15) is 11.5 Å². The van der Waals surface area contributed by atoms with Crippen LogP contribution in [0.5, 0.6) is 0 Å². The maximum atomic E-state index is 13.6. The smallest absolute Gasteiger partial charge is 0.269 e. The molecular weight excluding hydrogens is 341 g/mol. The van der Waals surface area contributed by atoms with Gasteiger partial charge in [0.2, 0.25) is 0 Å². The van der Waals surface area contributed by atoms with Crippen LogP contribution in [0.15, 0.2) is 66.9 Å². The standard InChI is InChI=1S/C22H20FN3O/c23-19-7-3-1-5-16(19)11-13-24-22(27)20-10-9-18(15-25-20)26-14-12-17-6-2-4-8-21(17)26/h1-10,15H,11-14H2,(H,24,27). The van der Waals surface area contributed by atoms with E-state index in [1.807, 2.05) is 12.1 Å². The third-order valence-corrected chi connectivity index (χ3v) is 4.82. The van der Waals surface area contributed by atoms with E-state index in [1.54, 1.807) is 30.5 Å². The minimum absolute atomic E-state index is 0.250. The van der Waals surface area contributed by atoms with E-state index in [-0.39, 0.29) is 11.7 Å². The van der Waals surface area contributed by atoms with Crippen LogP contribution in [0.4, 0.5) is 15.8 Å². The molecule has 1 aliphatic rings. The average molecular weight is 361 g/mol. The van der Waals surface area contributed by atoms with Gasteiger partial charge in [-0.15, -0.1) is 0 Å². The summed E-state index contributed by atoms with van der Waals surface area (Å²) in [6.07, 6.45) is 3.18. The van der Waals surface area contributed by atoms with Crippen LogP contribution in [0, 0.1) is 5.82 Å². The van der Waals surface area contributed by atoms with Crippen LogP contribution < -0.4 is 10.2 Å². The number of amides is 1. The molecule has 0 fully saturated rings. The zero-order valence-corrected chi connectivity index (χ0v) is 14.9. The number of fused-ring (bicyclic) bond motifs is 1. The molecule has 0 spiro atoms. The van der Waals surface area contributed by atoms with Gasteiger partial charge in [0, 0.05) is 18.8 Å². The maximum absolute atomic E-state index is 13.6. The predicted molar refractivity (Wildman–Crippen MR) is 104 cm³/mol. The fourth-order valence-electron chi connectivity index (χ4n) is 3.39. The third-order valence-electron chi connectivity index (χ3n) is 4.82. The third kappa shape index (κ3) is 3.67. The lowest BCUT2D eigenvalue weighted by Crippen LogP contribution is -2.26. The van der Waals surface area contributed by atoms with Crippen LogP contribution >= 0.6 is 0 Å². The first-order valence-corrected chi connectivity index (χ1v) is 9.05. The Kier molecular flexibility index (Phi) is 4.83. The van der Waals surface area contributed by atoms with Crippen molar-refractivity contribution in [2.24, 2.45) is 0 Å². The molecule has 0 bridgehead atoms. The molecule has 4 nitrogen and oxygen atoms in total. The number of pyridine rings is 1. The molecule has 1 aromatic heterocycles. The fraction of sp³-hybridized carbons (Fsp3) is 0.182. The Hall–Kier alpha value is -3.21. The quantitative estimate of drug-likeness (QED) is 0.750. The number of carbonyl (C=O) groups is 1. The monoisotopic (exact) mass is 361 g/mol. The van der Waals surface area contributed by atoms with Crippen molar-refractivity contribution in [1.29, 1.82) is 0 Å². The summed E-state index contributed by atoms with van der Waals surface area (Å²) in [5.74, 6) is -0.500. The highest BCUT2D eigenvalue weighted by atomic mass is 19.1. The second-order valence-electron chi connectivity index (χ2n) is 6.53. The number of hydrogen-bond acceptors (Lipinski definition) is 3. The molecule has 0 aliphatic carbocycles. The highest BCUT2D eigenvalue weighted by Gasteiger charge is 2.20. The van der Waals surface area contributed by atoms with Crippen molar-refractivity contribution < 1.29 is 9.18 Å². The van der Waals surface area contributed by atoms with Crippen molar-refractivity contribution >= 4 is 17.3 Å². The lowest BCUT2D eigenvalue weighted by molar-refractivity contribution is 0.0949. The molecule has 136 valence electrons. The summed E-state index contributed by atoms with van der Waals surface area (Å²) < 4.78 is 13.6. The van der Waals surface area contributed by atoms with Crippen molar-refractivity contribution in [1.82, 2.24) is 10.3 Å². The number of rotatable bonds is 5. The molecule has 27 heavy (non-hydrogen) atoms. The van der Waals surface area contributed by atoms with Gasteiger partial charge in [0.25, 0.3) is 5.91 Å². The molecule has 2 aromatic carbocycles. The molecule has 1 aliphatic heterocycles. The van der Waals surface area contributed by atoms with Gasteiger partial charge in [-0.3, -0.25) is 4.79 Å². The molecule has 0 saturated carbocycles. The van der Waals surface area contributed by atoms with Crippen LogP contribution in [0.1, 0.15) is 21.6 Å². The first-order valence-electron chi connectivity index (χ1n) is 9.05. The average Bonchev–Trinajstić information content (AvgIpc) is 3.14. The molecule has 0 unspecified atom stereocenters. The fourth-order valence-corrected chi connectivity index (χ4v) is 3.39. The van der Waals surface area contributed by atoms with E-state index in [9.17, 15) is 9.18 Å². The first kappa shape index (κ1) is 17.2. The van der Waals surface area contributed by atoms with Gasteiger partial charge in [-0.25, -0.2) is 9.37 Å². The molecule has 5 heteroatoms. The summed E-state index contributed by atoms with van der Waals surface area (Å²) in [4.78, 5) is 18.8. The molecule has 3 aromatic rings. The molecule has 0 radical (unpaired) electrons. The molecule has 1 amide bonds. The second kappa shape index (κ2) is 7.58. The zero-order valence-electron chi connectivity index (χ0n) is 14.9. The van der Waals surface area contributed by atoms with Gasteiger partial charge in [0.15, 0.2) is 0 Å². The van der Waals surface area contributed by atoms with E-state index in [2.05, 4.69) is 33.4 Å². The number of aromatic nitrogens is 1. The summed E-state index contributed by atoms with van der Waals surface area (Å²) in [6, 6.07) is 18.6. The number of anilines is 2. The Balaban J connectivity index is 1.38. The molecule has 0 saturated heterocycles. The van der Waals surface area contributed by atoms with E-state index in [1.165, 1.54) is 17.3 Å². The Bertz CT molecular complexity index is 956. The van der Waals surface area contributed by atoms with Gasteiger partial charge in [-0.1, -0.05) is 36.4 Å². The van der Waals surface area contributed by atoms with Gasteiger partial charge in [-0.05, 0) is 48.2 Å². The largest absolute Gasteiger partial charge is 0.350 e. The summed E-state index contributed by atoms with van der Waals surface area (Å²) in [5, 5.41) is 2.80. The van der Waals surface area contributed by atoms with Gasteiger partial charge in [0.05, 0.1) is 11.9 Å². The van der Waals surface area contributed by atoms with E-state index in [0.717, 1.165) is 18.7 Å². The summed E-state index contributed by atoms with van der Waals surface area (Å²) in [5.41, 5.74) is 4.45. The highest BCUT2D eigenvalue weighted by molar-refractivity contribution is 5.92. The van der Waals surface area contributed by atoms with Crippen LogP contribution in [0.25, 0.3) is 0 Å². The number of hydrogen-bond donors (Lipinski definition) is 1. The van der Waals surface area contributed by atoms with E-state index < -0.39 is 0 Å². The van der Waals surface area contributed by atoms with Crippen LogP contribution in [0.2, 0.25) is 0 Å². The number of nitrogens with one attached hydrogen (secondary N) is 1. The van der Waals surface area contributed by atoms with Crippen molar-refractivity contribution in [2.45, 2.75) is 12.8 Å². The Morgan fingerprint density at radius 2 is 1.89 bits per heavy atom. The van der Waals surface area contributed by atoms with Crippen molar-refractivity contribution in [3.8, 4) is 0 Å². The summed E-state index contributed by atoms with van der Waals surface area (Å²) in [7, 11) is 0. The number of benzene rings is 2. The number of nitrogens with zero attached hydrogens (tertiary/aromatic N) is 2. The van der Waals surface area contributed by atoms with Gasteiger partial charge < -0.3 is 10.2 Å². The summed E-state index contributed by atoms with van der Waals surface area (Å²) >= 11 is 0. The normalized spacial score (nSPS) is 12.7. The highest BCUT2D eigenvalue weighted by Crippen LogP contribution is 2.33. The molecular formula is C22H20FN3O. The molecule has 0 atom stereocenters. The maximum Gasteiger partial charge on any atom is 0.269 e. The minimum atomic E-state index is -0.250. The van der Waals surface area contributed by atoms with Crippen LogP contribution in [0.3, 0.4) is 0 Å². The Morgan fingerprint density at radius 1 is 1.07 bits per heavy atom. The van der Waals surface area contributed by atoms with Gasteiger partial charge in [-0.2, -0.15) is 0 Å². The number of para-hydroxylation sites is 1. The summed E-state index contributed by atoms with van der Waals surface area (Å²) in [6.45, 7) is 1.28. The number of halogens is 1. The van der Waals surface area contributed by atoms with E-state index >= 15 is 0 Å². The zero-order chi connectivity index (χ0) is 18.6. The Morgan fingerprint density at radius 3 is 2.70 bits per heavy atom. The molecule has 4 rings (SSSR count). The lowest BCUT2D eigenvalue weighted by atomic mass is 10.1. The minimum Gasteiger partial charge on any atom is -0.350 e. The van der Waals surface area contributed by atoms with Crippen molar-refractivity contribution in [2.75, 3.05) is 18.0 Å². The van der Waals surface area contributed by atoms with E-state index in [0.29, 0.717) is 24.2 Å². The van der Waals surface area contributed by atoms with Crippen molar-refractivity contribution in [3.05, 3.63) is 89.5 Å². The SMILES string of the molecule is O=C(NCCc1ccccc1F)c1ccc(N2CCc3ccccc32)cn1.